The molecular weight excluding hydrogens is 236 g/mol. The van der Waals surface area contributed by atoms with Crippen molar-refractivity contribution < 1.29 is 4.74 Å². The quantitative estimate of drug-likeness (QED) is 0.870. The molecule has 1 rings (SSSR count). The number of hydrogen-bond acceptors (Lipinski definition) is 3. The molecule has 3 N–H and O–H groups in total. The van der Waals surface area contributed by atoms with Gasteiger partial charge in [0.25, 0.3) is 0 Å². The van der Waals surface area contributed by atoms with Crippen LogP contribution in [0.1, 0.15) is 25.0 Å². The number of aryl methyl sites for hydroxylation is 1. The van der Waals surface area contributed by atoms with Crippen molar-refractivity contribution >= 4 is 17.3 Å². The van der Waals surface area contributed by atoms with E-state index in [1.807, 2.05) is 33.8 Å². The molecule has 0 saturated carbocycles. The molecule has 0 unspecified atom stereocenters. The van der Waals surface area contributed by atoms with E-state index in [0.717, 1.165) is 27.6 Å². The predicted molar refractivity (Wildman–Crippen MR) is 74.2 cm³/mol. The second-order valence-electron chi connectivity index (χ2n) is 5.05. The summed E-state index contributed by atoms with van der Waals surface area (Å²) >= 11 is 6.23. The highest BCUT2D eigenvalue weighted by Gasteiger charge is 2.16. The topological polar surface area (TPSA) is 47.3 Å². The summed E-state index contributed by atoms with van der Waals surface area (Å²) in [6.45, 7) is 8.54. The van der Waals surface area contributed by atoms with E-state index in [2.05, 4.69) is 5.32 Å². The third-order valence-electron chi connectivity index (χ3n) is 2.59. The van der Waals surface area contributed by atoms with Gasteiger partial charge in [0, 0.05) is 17.1 Å². The van der Waals surface area contributed by atoms with Crippen molar-refractivity contribution in [3.05, 3.63) is 22.2 Å². The van der Waals surface area contributed by atoms with E-state index in [1.54, 1.807) is 7.11 Å². The lowest BCUT2D eigenvalue weighted by molar-refractivity contribution is 0.415. The van der Waals surface area contributed by atoms with Crippen LogP contribution in [-0.2, 0) is 0 Å². The first-order valence-electron chi connectivity index (χ1n) is 5.62. The van der Waals surface area contributed by atoms with Gasteiger partial charge in [-0.3, -0.25) is 0 Å². The van der Waals surface area contributed by atoms with Crippen molar-refractivity contribution in [2.45, 2.75) is 33.2 Å². The molecule has 17 heavy (non-hydrogen) atoms. The van der Waals surface area contributed by atoms with E-state index < -0.39 is 0 Å². The lowest BCUT2D eigenvalue weighted by Gasteiger charge is -2.23. The first-order valence-corrected chi connectivity index (χ1v) is 6.00. The number of anilines is 1. The molecule has 0 saturated heterocycles. The fourth-order valence-corrected chi connectivity index (χ4v) is 1.77. The average Bonchev–Trinajstić information content (AvgIpc) is 2.22. The van der Waals surface area contributed by atoms with Gasteiger partial charge in [-0.05, 0) is 44.9 Å². The molecule has 0 fully saturated rings. The van der Waals surface area contributed by atoms with Crippen molar-refractivity contribution in [3.8, 4) is 5.75 Å². The fraction of sp³-hybridized carbons (Fsp3) is 0.538. The van der Waals surface area contributed by atoms with Crippen LogP contribution in [0.15, 0.2) is 6.07 Å². The van der Waals surface area contributed by atoms with Crippen LogP contribution in [0.4, 0.5) is 5.69 Å². The van der Waals surface area contributed by atoms with Gasteiger partial charge in [-0.2, -0.15) is 0 Å². The number of halogens is 1. The number of nitrogens with one attached hydrogen (secondary N) is 1. The van der Waals surface area contributed by atoms with Crippen LogP contribution >= 0.6 is 11.6 Å². The van der Waals surface area contributed by atoms with E-state index in [-0.39, 0.29) is 5.54 Å². The largest absolute Gasteiger partial charge is 0.495 e. The minimum Gasteiger partial charge on any atom is -0.495 e. The molecule has 1 aromatic rings. The lowest BCUT2D eigenvalue weighted by Crippen LogP contribution is -2.39. The minimum absolute atomic E-state index is 0.283. The maximum absolute atomic E-state index is 6.23. The molecule has 0 amide bonds. The van der Waals surface area contributed by atoms with Crippen LogP contribution in [-0.4, -0.2) is 19.2 Å². The van der Waals surface area contributed by atoms with Gasteiger partial charge >= 0.3 is 0 Å². The highest BCUT2D eigenvalue weighted by molar-refractivity contribution is 6.32. The van der Waals surface area contributed by atoms with Crippen LogP contribution in [0.2, 0.25) is 5.02 Å². The first-order chi connectivity index (χ1) is 7.76. The van der Waals surface area contributed by atoms with Crippen LogP contribution in [0, 0.1) is 13.8 Å². The Hall–Kier alpha value is -0.930. The molecule has 96 valence electrons. The standard InChI is InChI=1S/C13H21ClN2O/c1-8-6-10(17-5)12(9(2)11(8)14)16-7-13(3,4)15/h6,16H,7,15H2,1-5H3. The summed E-state index contributed by atoms with van der Waals surface area (Å²) < 4.78 is 5.37. The summed E-state index contributed by atoms with van der Waals surface area (Å²) in [7, 11) is 1.65. The Morgan fingerprint density at radius 2 is 2.00 bits per heavy atom. The summed E-state index contributed by atoms with van der Waals surface area (Å²) in [5.74, 6) is 0.800. The van der Waals surface area contributed by atoms with Gasteiger partial charge in [0.05, 0.1) is 12.8 Å². The third-order valence-corrected chi connectivity index (χ3v) is 3.17. The van der Waals surface area contributed by atoms with Gasteiger partial charge in [-0.1, -0.05) is 11.6 Å². The molecule has 0 aliphatic rings. The third kappa shape index (κ3) is 3.51. The smallest absolute Gasteiger partial charge is 0.142 e. The number of ether oxygens (including phenoxy) is 1. The van der Waals surface area contributed by atoms with Crippen LogP contribution in [0.5, 0.6) is 5.75 Å². The first kappa shape index (κ1) is 14.1. The number of nitrogens with two attached hydrogens (primary N) is 1. The molecule has 4 heteroatoms. The number of rotatable bonds is 4. The molecule has 1 aromatic carbocycles. The highest BCUT2D eigenvalue weighted by atomic mass is 35.5. The average molecular weight is 257 g/mol. The van der Waals surface area contributed by atoms with Crippen molar-refractivity contribution in [2.75, 3.05) is 19.0 Å². The summed E-state index contributed by atoms with van der Waals surface area (Å²) in [5.41, 5.74) is 8.60. The van der Waals surface area contributed by atoms with Gasteiger partial charge in [0.2, 0.25) is 0 Å². The highest BCUT2D eigenvalue weighted by Crippen LogP contribution is 2.35. The van der Waals surface area contributed by atoms with E-state index in [9.17, 15) is 0 Å². The fourth-order valence-electron chi connectivity index (χ4n) is 1.62. The van der Waals surface area contributed by atoms with Crippen LogP contribution in [0.25, 0.3) is 0 Å². The molecule has 0 atom stereocenters. The summed E-state index contributed by atoms with van der Waals surface area (Å²) in [5, 5.41) is 4.07. The number of benzene rings is 1. The van der Waals surface area contributed by atoms with E-state index in [0.29, 0.717) is 6.54 Å². The lowest BCUT2D eigenvalue weighted by atomic mass is 10.1. The van der Waals surface area contributed by atoms with Crippen molar-refractivity contribution in [1.29, 1.82) is 0 Å². The van der Waals surface area contributed by atoms with Crippen molar-refractivity contribution in [1.82, 2.24) is 0 Å². The van der Waals surface area contributed by atoms with Gasteiger partial charge < -0.3 is 15.8 Å². The maximum Gasteiger partial charge on any atom is 0.142 e. The summed E-state index contributed by atoms with van der Waals surface area (Å²) in [6, 6.07) is 1.93. The second-order valence-corrected chi connectivity index (χ2v) is 5.43. The van der Waals surface area contributed by atoms with E-state index in [1.165, 1.54) is 0 Å². The van der Waals surface area contributed by atoms with Gasteiger partial charge in [0.15, 0.2) is 0 Å². The molecule has 3 nitrogen and oxygen atoms in total. The monoisotopic (exact) mass is 256 g/mol. The summed E-state index contributed by atoms with van der Waals surface area (Å²) in [6.07, 6.45) is 0. The molecule has 0 aromatic heterocycles. The van der Waals surface area contributed by atoms with Crippen molar-refractivity contribution in [3.63, 3.8) is 0 Å². The Bertz CT molecular complexity index is 411. The van der Waals surface area contributed by atoms with Gasteiger partial charge in [-0.25, -0.2) is 0 Å². The Morgan fingerprint density at radius 3 is 2.47 bits per heavy atom. The molecule has 0 bridgehead atoms. The zero-order valence-corrected chi connectivity index (χ0v) is 11.9. The molecule has 0 spiro atoms. The molecule has 0 radical (unpaired) electrons. The minimum atomic E-state index is -0.283. The normalized spacial score (nSPS) is 11.5. The molecule has 0 heterocycles. The zero-order valence-electron chi connectivity index (χ0n) is 11.1. The maximum atomic E-state index is 6.23. The predicted octanol–water partition coefficient (Wildman–Crippen LogP) is 3.11. The van der Waals surface area contributed by atoms with E-state index in [4.69, 9.17) is 22.1 Å². The number of methoxy groups -OCH3 is 1. The molecule has 0 aliphatic carbocycles. The number of hydrogen-bond donors (Lipinski definition) is 2. The Balaban J connectivity index is 3.09. The van der Waals surface area contributed by atoms with E-state index >= 15 is 0 Å². The Kier molecular flexibility index (Phi) is 4.28. The van der Waals surface area contributed by atoms with Gasteiger partial charge in [-0.15, -0.1) is 0 Å². The van der Waals surface area contributed by atoms with Crippen LogP contribution in [0.3, 0.4) is 0 Å². The zero-order chi connectivity index (χ0) is 13.2. The second kappa shape index (κ2) is 5.15. The van der Waals surface area contributed by atoms with Crippen LogP contribution < -0.4 is 15.8 Å². The van der Waals surface area contributed by atoms with Crippen molar-refractivity contribution in [2.24, 2.45) is 5.73 Å². The Morgan fingerprint density at radius 1 is 1.41 bits per heavy atom. The summed E-state index contributed by atoms with van der Waals surface area (Å²) in [4.78, 5) is 0. The van der Waals surface area contributed by atoms with Gasteiger partial charge in [0.1, 0.15) is 5.75 Å². The Labute approximate surface area is 108 Å². The SMILES string of the molecule is COc1cc(C)c(Cl)c(C)c1NCC(C)(C)N. The molecule has 0 aliphatic heterocycles. The molecular formula is C13H21ClN2O.